The van der Waals surface area contributed by atoms with Gasteiger partial charge in [-0.05, 0) is 30.1 Å². The highest BCUT2D eigenvalue weighted by Gasteiger charge is 2.52. The van der Waals surface area contributed by atoms with Gasteiger partial charge in [0.1, 0.15) is 12.1 Å². The highest BCUT2D eigenvalue weighted by molar-refractivity contribution is 5.93. The lowest BCUT2D eigenvalue weighted by Crippen LogP contribution is -2.59. The minimum Gasteiger partial charge on any atom is -0.480 e. The van der Waals surface area contributed by atoms with Crippen LogP contribution in [0.15, 0.2) is 0 Å². The standard InChI is InChI=1S/C16H23F3N2O4/c1-15(2,3)11(20-14(25)16(17,18)19)12(22)21-7-8-5-4-6-9(8)10(21)13(23)24/h8-11H,4-7H2,1-3H3,(H,20,25)(H,23,24)/t8-,9-,10-,11+/m0/s1. The van der Waals surface area contributed by atoms with Crippen LogP contribution in [0.2, 0.25) is 0 Å². The summed E-state index contributed by atoms with van der Waals surface area (Å²) in [4.78, 5) is 37.0. The third-order valence-corrected chi connectivity index (χ3v) is 5.07. The Morgan fingerprint density at radius 1 is 1.16 bits per heavy atom. The van der Waals surface area contributed by atoms with E-state index in [-0.39, 0.29) is 18.4 Å². The molecule has 1 saturated carbocycles. The number of halogens is 3. The van der Waals surface area contributed by atoms with Crippen LogP contribution in [0, 0.1) is 17.3 Å². The molecule has 0 spiro atoms. The summed E-state index contributed by atoms with van der Waals surface area (Å²) in [6.45, 7) is 4.78. The van der Waals surface area contributed by atoms with Gasteiger partial charge in [-0.1, -0.05) is 27.2 Å². The van der Waals surface area contributed by atoms with Gasteiger partial charge in [0.05, 0.1) is 0 Å². The molecule has 2 rings (SSSR count). The zero-order chi connectivity index (χ0) is 19.2. The van der Waals surface area contributed by atoms with Crippen LogP contribution in [0.3, 0.4) is 0 Å². The van der Waals surface area contributed by atoms with Crippen LogP contribution in [0.25, 0.3) is 0 Å². The third-order valence-electron chi connectivity index (χ3n) is 5.07. The monoisotopic (exact) mass is 364 g/mol. The molecule has 2 fully saturated rings. The summed E-state index contributed by atoms with van der Waals surface area (Å²) in [7, 11) is 0. The topological polar surface area (TPSA) is 86.7 Å². The summed E-state index contributed by atoms with van der Waals surface area (Å²) in [5.41, 5.74) is -1.00. The zero-order valence-electron chi connectivity index (χ0n) is 14.4. The van der Waals surface area contributed by atoms with E-state index in [1.807, 2.05) is 0 Å². The van der Waals surface area contributed by atoms with Crippen molar-refractivity contribution in [3.63, 3.8) is 0 Å². The maximum atomic E-state index is 12.9. The van der Waals surface area contributed by atoms with Crippen LogP contribution >= 0.6 is 0 Å². The number of carbonyl (C=O) groups is 3. The molecule has 0 radical (unpaired) electrons. The minimum absolute atomic E-state index is 0.0454. The Morgan fingerprint density at radius 3 is 2.24 bits per heavy atom. The fourth-order valence-corrected chi connectivity index (χ4v) is 3.88. The first-order valence-corrected chi connectivity index (χ1v) is 8.25. The predicted molar refractivity (Wildman–Crippen MR) is 81.4 cm³/mol. The van der Waals surface area contributed by atoms with Crippen molar-refractivity contribution in [2.45, 2.75) is 58.3 Å². The maximum absolute atomic E-state index is 12.9. The molecule has 1 aliphatic heterocycles. The smallest absolute Gasteiger partial charge is 0.471 e. The van der Waals surface area contributed by atoms with Gasteiger partial charge in [0.25, 0.3) is 0 Å². The molecule has 25 heavy (non-hydrogen) atoms. The van der Waals surface area contributed by atoms with Gasteiger partial charge in [-0.25, -0.2) is 4.79 Å². The number of hydrogen-bond donors (Lipinski definition) is 2. The summed E-state index contributed by atoms with van der Waals surface area (Å²) in [6.07, 6.45) is -2.75. The van der Waals surface area contributed by atoms with Crippen molar-refractivity contribution in [3.8, 4) is 0 Å². The van der Waals surface area contributed by atoms with Crippen molar-refractivity contribution in [3.05, 3.63) is 0 Å². The summed E-state index contributed by atoms with van der Waals surface area (Å²) < 4.78 is 37.8. The van der Waals surface area contributed by atoms with Crippen molar-refractivity contribution in [1.82, 2.24) is 10.2 Å². The Labute approximate surface area is 143 Å². The molecule has 1 saturated heterocycles. The number of nitrogens with one attached hydrogen (secondary N) is 1. The first-order chi connectivity index (χ1) is 11.3. The number of carbonyl (C=O) groups excluding carboxylic acids is 2. The first-order valence-electron chi connectivity index (χ1n) is 8.25. The number of hydrogen-bond acceptors (Lipinski definition) is 3. The quantitative estimate of drug-likeness (QED) is 0.799. The Hall–Kier alpha value is -1.80. The van der Waals surface area contributed by atoms with Gasteiger partial charge >= 0.3 is 18.1 Å². The lowest BCUT2D eigenvalue weighted by Gasteiger charge is -2.35. The molecule has 6 nitrogen and oxygen atoms in total. The fourth-order valence-electron chi connectivity index (χ4n) is 3.88. The molecule has 9 heteroatoms. The zero-order valence-corrected chi connectivity index (χ0v) is 14.4. The molecule has 1 heterocycles. The van der Waals surface area contributed by atoms with Crippen molar-refractivity contribution >= 4 is 17.8 Å². The van der Waals surface area contributed by atoms with Gasteiger partial charge in [-0.2, -0.15) is 13.2 Å². The molecule has 0 unspecified atom stereocenters. The molecule has 2 amide bonds. The van der Waals surface area contributed by atoms with Crippen LogP contribution in [0.4, 0.5) is 13.2 Å². The molecule has 2 N–H and O–H groups in total. The molecule has 1 aliphatic carbocycles. The predicted octanol–water partition coefficient (Wildman–Crippen LogP) is 1.79. The highest BCUT2D eigenvalue weighted by atomic mass is 19.4. The number of aliphatic carboxylic acids is 1. The van der Waals surface area contributed by atoms with Gasteiger partial charge in [0, 0.05) is 6.54 Å². The first kappa shape index (κ1) is 19.5. The number of alkyl halides is 3. The van der Waals surface area contributed by atoms with E-state index in [4.69, 9.17) is 0 Å². The summed E-state index contributed by atoms with van der Waals surface area (Å²) in [6, 6.07) is -2.50. The molecule has 0 aromatic rings. The Kier molecular flexibility index (Phi) is 5.07. The second-order valence-electron chi connectivity index (χ2n) is 7.90. The number of fused-ring (bicyclic) bond motifs is 1. The second kappa shape index (κ2) is 6.49. The van der Waals surface area contributed by atoms with Gasteiger partial charge in [0.2, 0.25) is 5.91 Å². The molecule has 0 aromatic heterocycles. The van der Waals surface area contributed by atoms with Gasteiger partial charge < -0.3 is 15.3 Å². The van der Waals surface area contributed by atoms with E-state index >= 15 is 0 Å². The van der Waals surface area contributed by atoms with Crippen LogP contribution in [-0.4, -0.2) is 52.6 Å². The minimum atomic E-state index is -5.11. The van der Waals surface area contributed by atoms with Crippen molar-refractivity contribution in [1.29, 1.82) is 0 Å². The van der Waals surface area contributed by atoms with E-state index < -0.39 is 41.5 Å². The summed E-state index contributed by atoms with van der Waals surface area (Å²) in [5, 5.41) is 11.3. The highest BCUT2D eigenvalue weighted by Crippen LogP contribution is 2.43. The molecular formula is C16H23F3N2O4. The van der Waals surface area contributed by atoms with Crippen LogP contribution < -0.4 is 5.32 Å². The molecule has 142 valence electrons. The Bertz CT molecular complexity index is 571. The number of carboxylic acid groups (broad SMARTS) is 1. The molecule has 4 atom stereocenters. The third kappa shape index (κ3) is 3.90. The van der Waals surface area contributed by atoms with Gasteiger partial charge in [0.15, 0.2) is 0 Å². The summed E-state index contributed by atoms with van der Waals surface area (Å²) in [5.74, 6) is -4.26. The lowest BCUT2D eigenvalue weighted by atomic mass is 9.85. The van der Waals surface area contributed by atoms with Crippen LogP contribution in [0.1, 0.15) is 40.0 Å². The van der Waals surface area contributed by atoms with Crippen molar-refractivity contribution in [2.24, 2.45) is 17.3 Å². The lowest BCUT2D eigenvalue weighted by molar-refractivity contribution is -0.176. The van der Waals surface area contributed by atoms with Crippen molar-refractivity contribution in [2.75, 3.05) is 6.54 Å². The van der Waals surface area contributed by atoms with Gasteiger partial charge in [-0.15, -0.1) is 0 Å². The number of amides is 2. The van der Waals surface area contributed by atoms with E-state index in [9.17, 15) is 32.7 Å². The average molecular weight is 364 g/mol. The fraction of sp³-hybridized carbons (Fsp3) is 0.812. The van der Waals surface area contributed by atoms with E-state index in [1.54, 1.807) is 5.32 Å². The SMILES string of the molecule is CC(C)(C)[C@H](NC(=O)C(F)(F)F)C(=O)N1C[C@@H]2CCC[C@@H]2[C@H]1C(=O)O. The van der Waals surface area contributed by atoms with E-state index in [0.717, 1.165) is 17.7 Å². The van der Waals surface area contributed by atoms with E-state index in [2.05, 4.69) is 0 Å². The molecule has 0 bridgehead atoms. The largest absolute Gasteiger partial charge is 0.480 e. The molecule has 2 aliphatic rings. The Balaban J connectivity index is 2.27. The van der Waals surface area contributed by atoms with Crippen molar-refractivity contribution < 1.29 is 32.7 Å². The maximum Gasteiger partial charge on any atom is 0.471 e. The Morgan fingerprint density at radius 2 is 1.76 bits per heavy atom. The molecule has 0 aromatic carbocycles. The molecular weight excluding hydrogens is 341 g/mol. The van der Waals surface area contributed by atoms with Gasteiger partial charge in [-0.3, -0.25) is 9.59 Å². The van der Waals surface area contributed by atoms with E-state index in [1.165, 1.54) is 20.8 Å². The number of rotatable bonds is 3. The van der Waals surface area contributed by atoms with Crippen LogP contribution in [0.5, 0.6) is 0 Å². The number of carboxylic acids is 1. The number of likely N-dealkylation sites (tertiary alicyclic amines) is 1. The number of nitrogens with zero attached hydrogens (tertiary/aromatic N) is 1. The normalized spacial score (nSPS) is 27.8. The second-order valence-corrected chi connectivity index (χ2v) is 7.90. The summed E-state index contributed by atoms with van der Waals surface area (Å²) >= 11 is 0. The van der Waals surface area contributed by atoms with Crippen LogP contribution in [-0.2, 0) is 14.4 Å². The average Bonchev–Trinajstić information content (AvgIpc) is 3.00. The van der Waals surface area contributed by atoms with E-state index in [0.29, 0.717) is 6.42 Å².